The van der Waals surface area contributed by atoms with Crippen molar-refractivity contribution in [2.75, 3.05) is 26.4 Å². The van der Waals surface area contributed by atoms with Crippen LogP contribution < -0.4 is 11.1 Å². The Morgan fingerprint density at radius 1 is 1.14 bits per heavy atom. The van der Waals surface area contributed by atoms with Crippen LogP contribution in [0, 0.1) is 18.3 Å². The van der Waals surface area contributed by atoms with Crippen LogP contribution in [0.15, 0.2) is 60.1 Å². The molecule has 1 fully saturated rings. The van der Waals surface area contributed by atoms with E-state index in [1.54, 1.807) is 6.26 Å². The molecule has 2 nitrogen and oxygen atoms in total. The summed E-state index contributed by atoms with van der Waals surface area (Å²) in [5.41, 5.74) is 9.02. The Hall–Kier alpha value is -0.940. The largest absolute Gasteiger partial charge is 0.333 e. The summed E-state index contributed by atoms with van der Waals surface area (Å²) in [6, 6.07) is 8.85. The molecule has 0 aromatic heterocycles. The fraction of sp³-hybridized carbons (Fsp3) is 0.520. The van der Waals surface area contributed by atoms with E-state index in [0.29, 0.717) is 5.41 Å². The lowest BCUT2D eigenvalue weighted by Crippen LogP contribution is -2.40. The fourth-order valence-electron chi connectivity index (χ4n) is 4.20. The second-order valence-corrected chi connectivity index (χ2v) is 7.96. The van der Waals surface area contributed by atoms with Crippen molar-refractivity contribution in [3.05, 3.63) is 71.2 Å². The van der Waals surface area contributed by atoms with E-state index in [4.69, 9.17) is 12.6 Å². The molecule has 0 saturated carbocycles. The first-order chi connectivity index (χ1) is 14.1. The van der Waals surface area contributed by atoms with Crippen molar-refractivity contribution < 1.29 is 0 Å². The maximum Gasteiger partial charge on any atom is 0.00397 e. The summed E-state index contributed by atoms with van der Waals surface area (Å²) < 4.78 is 0. The molecule has 3 N–H and O–H groups in total. The van der Waals surface area contributed by atoms with E-state index in [-0.39, 0.29) is 0 Å². The van der Waals surface area contributed by atoms with E-state index in [1.165, 1.54) is 54.3 Å². The van der Waals surface area contributed by atoms with Crippen molar-refractivity contribution in [3.8, 4) is 0 Å². The first-order valence-corrected chi connectivity index (χ1v) is 11.8. The highest BCUT2D eigenvalue weighted by molar-refractivity contribution is 7.84. The van der Waals surface area contributed by atoms with E-state index in [0.717, 1.165) is 25.4 Å². The van der Waals surface area contributed by atoms with Gasteiger partial charge in [-0.2, -0.15) is 12.6 Å². The Morgan fingerprint density at radius 2 is 1.69 bits per heavy atom. The lowest BCUT2D eigenvalue weighted by atomic mass is 9.67. The Bertz CT molecular complexity index is 614. The summed E-state index contributed by atoms with van der Waals surface area (Å²) in [4.78, 5) is 1.37. The van der Waals surface area contributed by atoms with Crippen molar-refractivity contribution >= 4 is 25.3 Å². The molecule has 1 saturated heterocycles. The third-order valence-electron chi connectivity index (χ3n) is 5.47. The molecule has 0 bridgehead atoms. The minimum absolute atomic E-state index is 0.343. The number of hydrogen-bond acceptors (Lipinski definition) is 4. The molecule has 1 heterocycles. The van der Waals surface area contributed by atoms with Crippen molar-refractivity contribution in [2.45, 2.75) is 46.0 Å². The average Bonchev–Trinajstić information content (AvgIpc) is 2.78. The zero-order chi connectivity index (χ0) is 22.3. The highest BCUT2D eigenvalue weighted by atomic mass is 32.1. The number of benzene rings is 1. The van der Waals surface area contributed by atoms with E-state index < -0.39 is 0 Å². The predicted molar refractivity (Wildman–Crippen MR) is 139 cm³/mol. The Balaban J connectivity index is 0.00000120. The third kappa shape index (κ3) is 8.75. The van der Waals surface area contributed by atoms with Crippen LogP contribution in [0.2, 0.25) is 0 Å². The molecular weight excluding hydrogens is 392 g/mol. The van der Waals surface area contributed by atoms with Crippen LogP contribution in [-0.2, 0) is 6.42 Å². The quantitative estimate of drug-likeness (QED) is 0.348. The van der Waals surface area contributed by atoms with Gasteiger partial charge in [-0.15, -0.1) is 25.8 Å². The molecular formula is C25H42N2S2. The first-order valence-electron chi connectivity index (χ1n) is 10.5. The molecule has 1 aromatic rings. The molecule has 1 unspecified atom stereocenters. The van der Waals surface area contributed by atoms with Gasteiger partial charge in [0.25, 0.3) is 0 Å². The zero-order valence-corrected chi connectivity index (χ0v) is 20.7. The van der Waals surface area contributed by atoms with Crippen LogP contribution >= 0.6 is 25.3 Å². The Kier molecular flexibility index (Phi) is 15.3. The van der Waals surface area contributed by atoms with Gasteiger partial charge in [-0.05, 0) is 87.4 Å². The highest BCUT2D eigenvalue weighted by Gasteiger charge is 2.39. The van der Waals surface area contributed by atoms with Gasteiger partial charge >= 0.3 is 0 Å². The second kappa shape index (κ2) is 15.8. The van der Waals surface area contributed by atoms with Gasteiger partial charge in [0.05, 0.1) is 0 Å². The van der Waals surface area contributed by atoms with E-state index in [9.17, 15) is 0 Å². The molecule has 4 heteroatoms. The molecule has 3 rings (SSSR count). The molecule has 1 atom stereocenters. The molecule has 164 valence electrons. The summed E-state index contributed by atoms with van der Waals surface area (Å²) in [7, 11) is 1.50. The third-order valence-corrected chi connectivity index (χ3v) is 6.23. The minimum atomic E-state index is 0.343. The maximum absolute atomic E-state index is 5.00. The Morgan fingerprint density at radius 3 is 2.24 bits per heavy atom. The molecule has 1 spiro atoms. The smallest absolute Gasteiger partial charge is 0.00397 e. The summed E-state index contributed by atoms with van der Waals surface area (Å²) in [6.45, 7) is 12.8. The molecule has 2 aliphatic rings. The molecule has 29 heavy (non-hydrogen) atoms. The van der Waals surface area contributed by atoms with E-state index in [1.807, 2.05) is 0 Å². The van der Waals surface area contributed by atoms with Gasteiger partial charge < -0.3 is 11.1 Å². The number of thiol groups is 2. The number of allylic oxidation sites excluding steroid dienone is 4. The number of nitrogens with one attached hydrogen (secondary N) is 1. The van der Waals surface area contributed by atoms with Crippen molar-refractivity contribution in [3.63, 3.8) is 0 Å². The molecule has 1 aliphatic heterocycles. The summed E-state index contributed by atoms with van der Waals surface area (Å²) >= 11 is 8.53. The van der Waals surface area contributed by atoms with Gasteiger partial charge in [-0.1, -0.05) is 48.9 Å². The van der Waals surface area contributed by atoms with Gasteiger partial charge in [-0.25, -0.2) is 0 Å². The second-order valence-electron chi connectivity index (χ2n) is 7.51. The van der Waals surface area contributed by atoms with Crippen LogP contribution in [-0.4, -0.2) is 26.4 Å². The van der Waals surface area contributed by atoms with Gasteiger partial charge in [0.2, 0.25) is 0 Å². The molecule has 1 aromatic carbocycles. The van der Waals surface area contributed by atoms with E-state index >= 15 is 0 Å². The number of rotatable bonds is 3. The van der Waals surface area contributed by atoms with Gasteiger partial charge in [0.15, 0.2) is 0 Å². The van der Waals surface area contributed by atoms with Crippen molar-refractivity contribution in [1.29, 1.82) is 0 Å². The number of piperidine rings is 1. The normalized spacial score (nSPS) is 20.0. The van der Waals surface area contributed by atoms with Gasteiger partial charge in [0, 0.05) is 5.41 Å². The van der Waals surface area contributed by atoms with Crippen LogP contribution in [0.3, 0.4) is 0 Å². The van der Waals surface area contributed by atoms with E-state index in [2.05, 4.69) is 87.1 Å². The van der Waals surface area contributed by atoms with Crippen LogP contribution in [0.4, 0.5) is 0 Å². The van der Waals surface area contributed by atoms with Crippen molar-refractivity contribution in [2.24, 2.45) is 17.1 Å². The first kappa shape index (κ1) is 28.1. The number of hydrogen-bond donors (Lipinski definition) is 4. The predicted octanol–water partition coefficient (Wildman–Crippen LogP) is 6.00. The fourth-order valence-corrected chi connectivity index (χ4v) is 4.68. The number of aryl methyl sites for hydroxylation is 1. The Labute approximate surface area is 191 Å². The summed E-state index contributed by atoms with van der Waals surface area (Å²) in [5.74, 6) is 0.767. The zero-order valence-electron chi connectivity index (χ0n) is 18.9. The monoisotopic (exact) mass is 434 g/mol. The topological polar surface area (TPSA) is 38.0 Å². The maximum atomic E-state index is 5.00. The van der Waals surface area contributed by atoms with Crippen LogP contribution in [0.5, 0.6) is 0 Å². The summed E-state index contributed by atoms with van der Waals surface area (Å²) in [6.07, 6.45) is 12.3. The van der Waals surface area contributed by atoms with Crippen LogP contribution in [0.1, 0.15) is 43.7 Å². The molecule has 0 radical (unpaired) electrons. The average molecular weight is 435 g/mol. The standard InChI is InChI=1S/C21H29NS.C2H4.CH5N.CH4S/c1-16-6-8-18(9-7-16)4-3-5-19-14-17(2)15-21(20(19)23)10-12-22-13-11-21;3*1-2/h3,5-9,17,22-23H,4,10-15H2,1-2H3;1-2H2;2H2,1H3;2H,1H3/b5-3+;;;. The van der Waals surface area contributed by atoms with Gasteiger partial charge in [0.1, 0.15) is 0 Å². The number of nitrogens with two attached hydrogens (primary N) is 1. The highest BCUT2D eigenvalue weighted by Crippen LogP contribution is 2.50. The van der Waals surface area contributed by atoms with Gasteiger partial charge in [-0.3, -0.25) is 0 Å². The lowest BCUT2D eigenvalue weighted by molar-refractivity contribution is 0.198. The molecule has 1 aliphatic carbocycles. The minimum Gasteiger partial charge on any atom is -0.333 e. The SMILES string of the molecule is C=C.CN.CS.Cc1ccc(C/C=C/C2=C(S)C3(CCNCC3)CC(C)C2)cc1. The molecule has 0 amide bonds. The van der Waals surface area contributed by atoms with Crippen molar-refractivity contribution in [1.82, 2.24) is 5.32 Å². The lowest BCUT2D eigenvalue weighted by Gasteiger charge is -2.44. The van der Waals surface area contributed by atoms with Crippen LogP contribution in [0.25, 0.3) is 0 Å². The summed E-state index contributed by atoms with van der Waals surface area (Å²) in [5, 5.41) is 3.50.